The first-order valence-electron chi connectivity index (χ1n) is 7.22. The van der Waals surface area contributed by atoms with Gasteiger partial charge in [-0.1, -0.05) is 18.2 Å². The van der Waals surface area contributed by atoms with Crippen LogP contribution in [0.5, 0.6) is 0 Å². The fourth-order valence-electron chi connectivity index (χ4n) is 2.25. The van der Waals surface area contributed by atoms with E-state index in [-0.39, 0.29) is 6.03 Å². The number of likely N-dealkylation sites (N-methyl/N-ethyl adjacent to an activating group) is 1. The molecule has 2 rings (SSSR count). The van der Waals surface area contributed by atoms with Crippen molar-refractivity contribution in [2.45, 2.75) is 20.4 Å². The first-order chi connectivity index (χ1) is 10.5. The van der Waals surface area contributed by atoms with Crippen LogP contribution in [0.3, 0.4) is 0 Å². The second kappa shape index (κ2) is 6.93. The molecule has 0 atom stereocenters. The van der Waals surface area contributed by atoms with E-state index in [1.807, 2.05) is 42.8 Å². The van der Waals surface area contributed by atoms with E-state index in [1.165, 1.54) is 0 Å². The fraction of sp³-hybridized carbons (Fsp3) is 0.294. The standard InChI is InChI=1S/C17H22N4O/c1-5-9-20(4)17(22)18-16-8-6-7-15(11-16)12-21-14(3)10-13(2)19-21/h5-8,10-11H,1,9,12H2,2-4H3,(H,18,22). The molecule has 2 aromatic rings. The van der Waals surface area contributed by atoms with Crippen LogP contribution in [0.15, 0.2) is 43.0 Å². The molecule has 0 unspecified atom stereocenters. The Morgan fingerprint density at radius 2 is 2.18 bits per heavy atom. The summed E-state index contributed by atoms with van der Waals surface area (Å²) in [7, 11) is 1.73. The number of carbonyl (C=O) groups excluding carboxylic acids is 1. The van der Waals surface area contributed by atoms with E-state index in [9.17, 15) is 4.79 Å². The van der Waals surface area contributed by atoms with Crippen molar-refractivity contribution in [2.24, 2.45) is 0 Å². The Labute approximate surface area is 131 Å². The number of anilines is 1. The number of benzene rings is 1. The predicted molar refractivity (Wildman–Crippen MR) is 89.1 cm³/mol. The number of rotatable bonds is 5. The van der Waals surface area contributed by atoms with Gasteiger partial charge >= 0.3 is 6.03 Å². The zero-order valence-electron chi connectivity index (χ0n) is 13.3. The lowest BCUT2D eigenvalue weighted by atomic mass is 10.2. The first-order valence-corrected chi connectivity index (χ1v) is 7.22. The van der Waals surface area contributed by atoms with Crippen molar-refractivity contribution in [3.63, 3.8) is 0 Å². The minimum atomic E-state index is -0.150. The smallest absolute Gasteiger partial charge is 0.321 e. The molecule has 1 aromatic heterocycles. The van der Waals surface area contributed by atoms with E-state index in [1.54, 1.807) is 18.0 Å². The van der Waals surface area contributed by atoms with Crippen LogP contribution in [0.4, 0.5) is 10.5 Å². The van der Waals surface area contributed by atoms with Crippen LogP contribution in [0.2, 0.25) is 0 Å². The minimum Gasteiger partial charge on any atom is -0.324 e. The molecule has 1 aromatic carbocycles. The van der Waals surface area contributed by atoms with Crippen LogP contribution in [0, 0.1) is 13.8 Å². The number of aryl methyl sites for hydroxylation is 2. The van der Waals surface area contributed by atoms with Crippen LogP contribution in [-0.2, 0) is 6.54 Å². The Kier molecular flexibility index (Phi) is 4.99. The highest BCUT2D eigenvalue weighted by Gasteiger charge is 2.08. The van der Waals surface area contributed by atoms with Gasteiger partial charge in [0.15, 0.2) is 0 Å². The quantitative estimate of drug-likeness (QED) is 0.862. The van der Waals surface area contributed by atoms with Crippen LogP contribution >= 0.6 is 0 Å². The normalized spacial score (nSPS) is 10.3. The molecule has 5 heteroatoms. The molecule has 2 amide bonds. The Balaban J connectivity index is 2.08. The molecule has 0 bridgehead atoms. The molecule has 0 aliphatic rings. The number of hydrogen-bond acceptors (Lipinski definition) is 2. The van der Waals surface area contributed by atoms with Crippen molar-refractivity contribution in [3.8, 4) is 0 Å². The van der Waals surface area contributed by atoms with Crippen molar-refractivity contribution < 1.29 is 4.79 Å². The molecule has 0 saturated heterocycles. The second-order valence-corrected chi connectivity index (χ2v) is 5.38. The summed E-state index contributed by atoms with van der Waals surface area (Å²) in [5.41, 5.74) is 4.00. The van der Waals surface area contributed by atoms with Gasteiger partial charge in [-0.2, -0.15) is 5.10 Å². The van der Waals surface area contributed by atoms with Crippen LogP contribution in [0.25, 0.3) is 0 Å². The topological polar surface area (TPSA) is 50.2 Å². The average Bonchev–Trinajstić information content (AvgIpc) is 2.77. The van der Waals surface area contributed by atoms with Gasteiger partial charge in [0.05, 0.1) is 12.2 Å². The van der Waals surface area contributed by atoms with E-state index in [0.717, 1.165) is 22.6 Å². The molecule has 1 N–H and O–H groups in total. The van der Waals surface area contributed by atoms with Gasteiger partial charge in [0.1, 0.15) is 0 Å². The molecule has 1 heterocycles. The van der Waals surface area contributed by atoms with Gasteiger partial charge in [-0.3, -0.25) is 4.68 Å². The van der Waals surface area contributed by atoms with Crippen molar-refractivity contribution in [3.05, 3.63) is 59.9 Å². The number of aromatic nitrogens is 2. The number of nitrogens with one attached hydrogen (secondary N) is 1. The lowest BCUT2D eigenvalue weighted by Gasteiger charge is -2.16. The molecule has 22 heavy (non-hydrogen) atoms. The zero-order valence-corrected chi connectivity index (χ0v) is 13.3. The lowest BCUT2D eigenvalue weighted by Crippen LogP contribution is -2.31. The van der Waals surface area contributed by atoms with Crippen molar-refractivity contribution in [2.75, 3.05) is 18.9 Å². The van der Waals surface area contributed by atoms with Gasteiger partial charge in [-0.05, 0) is 37.6 Å². The van der Waals surface area contributed by atoms with E-state index in [2.05, 4.69) is 23.1 Å². The maximum absolute atomic E-state index is 12.0. The average molecular weight is 298 g/mol. The lowest BCUT2D eigenvalue weighted by molar-refractivity contribution is 0.226. The largest absolute Gasteiger partial charge is 0.324 e. The summed E-state index contributed by atoms with van der Waals surface area (Å²) in [5.74, 6) is 0. The summed E-state index contributed by atoms with van der Waals surface area (Å²) in [5, 5.41) is 7.34. The van der Waals surface area contributed by atoms with Gasteiger partial charge in [0.2, 0.25) is 0 Å². The molecule has 0 saturated carbocycles. The Morgan fingerprint density at radius 3 is 2.82 bits per heavy atom. The third-order valence-corrected chi connectivity index (χ3v) is 3.36. The molecular weight excluding hydrogens is 276 g/mol. The Hall–Kier alpha value is -2.56. The van der Waals surface area contributed by atoms with Crippen molar-refractivity contribution in [1.29, 1.82) is 0 Å². The minimum absolute atomic E-state index is 0.150. The highest BCUT2D eigenvalue weighted by Crippen LogP contribution is 2.13. The van der Waals surface area contributed by atoms with Gasteiger partial charge in [0, 0.05) is 25.0 Å². The zero-order chi connectivity index (χ0) is 16.1. The molecular formula is C17H22N4O. The molecule has 0 spiro atoms. The second-order valence-electron chi connectivity index (χ2n) is 5.38. The predicted octanol–water partition coefficient (Wildman–Crippen LogP) is 3.20. The summed E-state index contributed by atoms with van der Waals surface area (Å²) in [6.45, 7) is 8.85. The van der Waals surface area contributed by atoms with Crippen molar-refractivity contribution in [1.82, 2.24) is 14.7 Å². The first kappa shape index (κ1) is 15.8. The molecule has 116 valence electrons. The number of carbonyl (C=O) groups is 1. The summed E-state index contributed by atoms with van der Waals surface area (Å²) in [6, 6.07) is 9.71. The third-order valence-electron chi connectivity index (χ3n) is 3.36. The molecule has 0 aliphatic carbocycles. The monoisotopic (exact) mass is 298 g/mol. The van der Waals surface area contributed by atoms with Crippen LogP contribution < -0.4 is 5.32 Å². The van der Waals surface area contributed by atoms with E-state index >= 15 is 0 Å². The van der Waals surface area contributed by atoms with E-state index in [4.69, 9.17) is 0 Å². The van der Waals surface area contributed by atoms with Gasteiger partial charge < -0.3 is 10.2 Å². The Morgan fingerprint density at radius 1 is 1.41 bits per heavy atom. The summed E-state index contributed by atoms with van der Waals surface area (Å²) in [4.78, 5) is 13.5. The highest BCUT2D eigenvalue weighted by atomic mass is 16.2. The number of urea groups is 1. The molecule has 0 radical (unpaired) electrons. The van der Waals surface area contributed by atoms with Gasteiger partial charge in [0.25, 0.3) is 0 Å². The number of nitrogens with zero attached hydrogens (tertiary/aromatic N) is 3. The molecule has 0 aliphatic heterocycles. The highest BCUT2D eigenvalue weighted by molar-refractivity contribution is 5.89. The summed E-state index contributed by atoms with van der Waals surface area (Å²) >= 11 is 0. The Bertz CT molecular complexity index is 675. The fourth-order valence-corrected chi connectivity index (χ4v) is 2.25. The SMILES string of the molecule is C=CCN(C)C(=O)Nc1cccc(Cn2nc(C)cc2C)c1. The van der Waals surface area contributed by atoms with Gasteiger partial charge in [-0.15, -0.1) is 6.58 Å². The van der Waals surface area contributed by atoms with E-state index < -0.39 is 0 Å². The summed E-state index contributed by atoms with van der Waals surface area (Å²) in [6.07, 6.45) is 1.69. The molecule has 0 fully saturated rings. The number of amides is 2. The number of hydrogen-bond donors (Lipinski definition) is 1. The summed E-state index contributed by atoms with van der Waals surface area (Å²) < 4.78 is 1.96. The van der Waals surface area contributed by atoms with Crippen LogP contribution in [0.1, 0.15) is 17.0 Å². The maximum Gasteiger partial charge on any atom is 0.321 e. The van der Waals surface area contributed by atoms with Gasteiger partial charge in [-0.25, -0.2) is 4.79 Å². The van der Waals surface area contributed by atoms with Crippen LogP contribution in [-0.4, -0.2) is 34.3 Å². The third kappa shape index (κ3) is 3.97. The maximum atomic E-state index is 12.0. The van der Waals surface area contributed by atoms with E-state index in [0.29, 0.717) is 13.1 Å². The van der Waals surface area contributed by atoms with Crippen molar-refractivity contribution >= 4 is 11.7 Å². The molecule has 5 nitrogen and oxygen atoms in total.